The molecule has 0 spiro atoms. The molecule has 0 saturated carbocycles. The first kappa shape index (κ1) is 79.3. The number of carbonyl (C=O) groups is 4. The number of aryl methyl sites for hydroxylation is 1. The number of nitrogens with zero attached hydrogens (tertiary/aromatic N) is 4. The van der Waals surface area contributed by atoms with Crippen molar-refractivity contribution in [1.29, 1.82) is 0 Å². The summed E-state index contributed by atoms with van der Waals surface area (Å²) in [6.07, 6.45) is 10.7. The maximum Gasteiger partial charge on any atom is 0.336 e. The lowest BCUT2D eigenvalue weighted by Gasteiger charge is -2.13. The van der Waals surface area contributed by atoms with Gasteiger partial charge < -0.3 is 96.8 Å². The highest BCUT2D eigenvalue weighted by molar-refractivity contribution is 14.1. The lowest BCUT2D eigenvalue weighted by Crippen LogP contribution is -2.03. The van der Waals surface area contributed by atoms with Crippen LogP contribution in [-0.4, -0.2) is 136 Å². The van der Waals surface area contributed by atoms with Gasteiger partial charge in [-0.25, -0.2) is 9.59 Å². The number of rotatable bonds is 15. The van der Waals surface area contributed by atoms with Crippen LogP contribution in [0.15, 0.2) is 152 Å². The fraction of sp³-hybridized carbons (Fsp3) is 0.160. The molecular weight excluding hydrogens is 1790 g/mol. The third kappa shape index (κ3) is 18.1. The zero-order valence-electron chi connectivity index (χ0n) is 60.4. The predicted molar refractivity (Wildman–Crippen MR) is 438 cm³/mol. The van der Waals surface area contributed by atoms with E-state index in [1.165, 1.54) is 41.1 Å². The van der Waals surface area contributed by atoms with Gasteiger partial charge in [-0.05, 0) is 206 Å². The standard InChI is InChI=1S/2C21H16INO6.C11H7NO3.C11H9NO2.C10H11IO4.C7H7NO2/c2*1-26-17-7-13(15(22)8-18(17)27-2)14(21(24)25)5-11-3-4-23-16-9-20-19(6-12(11)16)28-10-29-20;13-5-7-1-2-12-9-4-11-10(3-8(7)9)14-6-15-11;1-7-2-3-12-9-5-11-10(4-8(7)9)13-6-14-11;1-14-8-3-6(4-10(12)13)7(11)5-9(8)15-2;8-5-1-2-6-7(3-5)10-4-9-6/h2*3-9H,10H2,1-2H3,(H,24,25);1-5H,6H2;2-5H,6H2,1H3;3,5H,4H2,1-2H3,(H,12,13);1-3H,4,8H2/b2*14-5+;;;;. The van der Waals surface area contributed by atoms with Crippen molar-refractivity contribution in [2.75, 3.05) is 82.4 Å². The van der Waals surface area contributed by atoms with Crippen molar-refractivity contribution in [2.45, 2.75) is 13.3 Å². The van der Waals surface area contributed by atoms with E-state index in [0.29, 0.717) is 127 Å². The predicted octanol–water partition coefficient (Wildman–Crippen LogP) is 15.4. The highest BCUT2D eigenvalue weighted by Crippen LogP contribution is 2.44. The number of hydrogen-bond donors (Lipinski definition) is 4. The van der Waals surface area contributed by atoms with Crippen LogP contribution in [0.2, 0.25) is 0 Å². The van der Waals surface area contributed by atoms with Gasteiger partial charge in [0.1, 0.15) is 0 Å². The molecule has 0 fully saturated rings. The highest BCUT2D eigenvalue weighted by atomic mass is 127. The van der Waals surface area contributed by atoms with Gasteiger partial charge in [0.25, 0.3) is 0 Å². The molecule has 112 heavy (non-hydrogen) atoms. The van der Waals surface area contributed by atoms with Gasteiger partial charge in [0.15, 0.2) is 98.3 Å². The van der Waals surface area contributed by atoms with Gasteiger partial charge in [-0.15, -0.1) is 0 Å². The number of hydrogen-bond acceptors (Lipinski definition) is 25. The number of methoxy groups -OCH3 is 6. The van der Waals surface area contributed by atoms with Crippen LogP contribution in [0, 0.1) is 17.6 Å². The van der Waals surface area contributed by atoms with E-state index in [4.69, 9.17) is 86.6 Å². The fourth-order valence-electron chi connectivity index (χ4n) is 11.7. The zero-order valence-corrected chi connectivity index (χ0v) is 66.9. The minimum absolute atomic E-state index is 0.0153. The molecule has 0 saturated heterocycles. The second-order valence-corrected chi connectivity index (χ2v) is 27.4. The number of aromatic nitrogens is 4. The number of halogens is 3. The Labute approximate surface area is 679 Å². The molecule has 0 unspecified atom stereocenters. The number of anilines is 1. The van der Waals surface area contributed by atoms with E-state index in [9.17, 15) is 29.4 Å². The van der Waals surface area contributed by atoms with Crippen LogP contribution in [-0.2, 0) is 20.8 Å². The van der Waals surface area contributed by atoms with Crippen molar-refractivity contribution in [3.8, 4) is 92.0 Å². The Kier molecular flexibility index (Phi) is 25.5. The molecule has 0 amide bonds. The molecule has 9 heterocycles. The maximum absolute atomic E-state index is 12.1. The lowest BCUT2D eigenvalue weighted by molar-refractivity contribution is -0.136. The first-order chi connectivity index (χ1) is 54.2. The third-order valence-electron chi connectivity index (χ3n) is 17.3. The van der Waals surface area contributed by atoms with E-state index in [-0.39, 0.29) is 37.9 Å². The summed E-state index contributed by atoms with van der Waals surface area (Å²) in [6, 6.07) is 37.5. The van der Waals surface area contributed by atoms with Gasteiger partial charge in [-0.3, -0.25) is 29.5 Å². The summed E-state index contributed by atoms with van der Waals surface area (Å²) in [5.41, 5.74) is 14.5. The Morgan fingerprint density at radius 2 is 0.705 bits per heavy atom. The van der Waals surface area contributed by atoms with Crippen LogP contribution >= 0.6 is 67.8 Å². The first-order valence-corrected chi connectivity index (χ1v) is 36.6. The summed E-state index contributed by atoms with van der Waals surface area (Å²) in [7, 11) is 9.17. The number of ether oxygens (including phenoxy) is 16. The summed E-state index contributed by atoms with van der Waals surface area (Å²) in [5.74, 6) is 7.09. The molecule has 12 aromatic rings. The summed E-state index contributed by atoms with van der Waals surface area (Å²) in [4.78, 5) is 62.9. The van der Waals surface area contributed by atoms with Crippen LogP contribution < -0.4 is 81.5 Å². The molecule has 0 atom stereocenters. The minimum Gasteiger partial charge on any atom is -0.493 e. The molecule has 31 heteroatoms. The monoisotopic (exact) mass is 1860 g/mol. The van der Waals surface area contributed by atoms with E-state index in [1.54, 1.807) is 141 Å². The summed E-state index contributed by atoms with van der Waals surface area (Å²) in [6.45, 7) is 3.21. The fourth-order valence-corrected chi connectivity index (χ4v) is 13.8. The summed E-state index contributed by atoms with van der Waals surface area (Å²) >= 11 is 6.25. The van der Waals surface area contributed by atoms with Gasteiger partial charge in [-0.2, -0.15) is 0 Å². The van der Waals surface area contributed by atoms with Crippen LogP contribution in [0.4, 0.5) is 5.69 Å². The third-order valence-corrected chi connectivity index (χ3v) is 20.1. The van der Waals surface area contributed by atoms with E-state index < -0.39 is 17.9 Å². The average Bonchev–Trinajstić information content (AvgIpc) is 1.16. The van der Waals surface area contributed by atoms with Crippen LogP contribution in [0.5, 0.6) is 92.0 Å². The van der Waals surface area contributed by atoms with Crippen LogP contribution in [0.25, 0.3) is 66.9 Å². The largest absolute Gasteiger partial charge is 0.493 e. The van der Waals surface area contributed by atoms with Crippen molar-refractivity contribution in [3.63, 3.8) is 0 Å². The number of aliphatic carboxylic acids is 3. The van der Waals surface area contributed by atoms with Crippen LogP contribution in [0.1, 0.15) is 43.7 Å². The normalized spacial score (nSPS) is 12.6. The number of nitrogen functional groups attached to an aromatic ring is 1. The smallest absolute Gasteiger partial charge is 0.336 e. The molecule has 0 aliphatic carbocycles. The number of carboxylic acids is 3. The lowest BCUT2D eigenvalue weighted by atomic mass is 10.00. The number of carboxylic acid groups (broad SMARTS) is 3. The van der Waals surface area contributed by atoms with Crippen LogP contribution in [0.3, 0.4) is 0 Å². The molecule has 0 radical (unpaired) electrons. The van der Waals surface area contributed by atoms with E-state index in [0.717, 1.165) is 78.1 Å². The number of benzene rings is 8. The average molecular weight is 1860 g/mol. The number of fused-ring (bicyclic) bond motifs is 9. The molecule has 0 bridgehead atoms. The van der Waals surface area contributed by atoms with E-state index >= 15 is 0 Å². The SMILES string of the molecule is COc1cc(I)c(/C(=C\c2ccnc3cc4c(cc23)OCO4)C(=O)O)cc1OC.COc1cc(I)c(/C(=C\c2ccnc3cc4c(cc23)OCO4)C(=O)O)cc1OC.COc1cc(I)c(CC(=O)O)cc1OC.Cc1ccnc2cc3c(cc12)OCO3.Nc1ccc2c(c1)OCO2.O=Cc1ccnc2cc3c(cc12)OCO3. The Bertz CT molecular complexity index is 5520. The maximum atomic E-state index is 12.1. The molecule has 17 rings (SSSR count). The van der Waals surface area contributed by atoms with E-state index in [2.05, 4.69) is 94.6 Å². The van der Waals surface area contributed by atoms with Gasteiger partial charge >= 0.3 is 17.9 Å². The van der Waals surface area contributed by atoms with Gasteiger partial charge in [-0.1, -0.05) is 0 Å². The quantitative estimate of drug-likeness (QED) is 0.0320. The molecule has 5 N–H and O–H groups in total. The van der Waals surface area contributed by atoms with E-state index in [1.807, 2.05) is 30.3 Å². The zero-order chi connectivity index (χ0) is 79.3. The van der Waals surface area contributed by atoms with Crippen molar-refractivity contribution in [1.82, 2.24) is 19.9 Å². The molecule has 28 nitrogen and oxygen atoms in total. The molecule has 5 aliphatic rings. The highest BCUT2D eigenvalue weighted by Gasteiger charge is 2.25. The summed E-state index contributed by atoms with van der Waals surface area (Å²) < 4.78 is 86.7. The Hall–Kier alpha value is -12.3. The molecule has 5 aliphatic heterocycles. The Morgan fingerprint density at radius 3 is 1.08 bits per heavy atom. The number of nitrogens with two attached hydrogens (primary N) is 1. The van der Waals surface area contributed by atoms with Gasteiger partial charge in [0.05, 0.1) is 82.3 Å². The first-order valence-electron chi connectivity index (χ1n) is 33.4. The van der Waals surface area contributed by atoms with Crippen molar-refractivity contribution in [3.05, 3.63) is 202 Å². The second kappa shape index (κ2) is 36.1. The number of pyridine rings is 4. The molecule has 8 aromatic carbocycles. The Balaban J connectivity index is 0.000000130. The number of aldehydes is 1. The molecular formula is C81H66I3N5O23. The summed E-state index contributed by atoms with van der Waals surface area (Å²) in [5, 5.41) is 32.0. The number of carbonyl (C=O) groups excluding carboxylic acids is 1. The molecule has 574 valence electrons. The molecule has 4 aromatic heterocycles. The minimum atomic E-state index is -1.05. The van der Waals surface area contributed by atoms with Crippen molar-refractivity contribution >= 4 is 165 Å². The van der Waals surface area contributed by atoms with Crippen molar-refractivity contribution in [2.24, 2.45) is 0 Å². The Morgan fingerprint density at radius 1 is 0.393 bits per heavy atom. The topological polar surface area (TPSA) is 354 Å². The van der Waals surface area contributed by atoms with Crippen molar-refractivity contribution < 1.29 is 110 Å². The second-order valence-electron chi connectivity index (χ2n) is 23.9. The van der Waals surface area contributed by atoms with Gasteiger partial charge in [0.2, 0.25) is 34.0 Å². The van der Waals surface area contributed by atoms with Gasteiger partial charge in [0, 0.05) is 110 Å².